The lowest BCUT2D eigenvalue weighted by atomic mass is 9.82. The minimum atomic E-state index is -1.71. The molecule has 2 aliphatic heterocycles. The number of methoxy groups -OCH3 is 1. The third kappa shape index (κ3) is 7.27. The number of rotatable bonds is 11. The Morgan fingerprint density at radius 3 is 2.37 bits per heavy atom. The van der Waals surface area contributed by atoms with E-state index < -0.39 is 73.5 Å². The summed E-state index contributed by atoms with van der Waals surface area (Å²) in [7, 11) is 1.16. The Kier molecular flexibility index (Phi) is 12.1. The summed E-state index contributed by atoms with van der Waals surface area (Å²) in [5.74, 6) is -3.69. The number of allylic oxidation sites excluding steroid dienone is 1. The fraction of sp³-hybridized carbons (Fsp3) is 0.778. The summed E-state index contributed by atoms with van der Waals surface area (Å²) >= 11 is 0. The minimum absolute atomic E-state index is 0.00522. The molecule has 11 atom stereocenters. The van der Waals surface area contributed by atoms with Crippen LogP contribution in [0.5, 0.6) is 0 Å². The van der Waals surface area contributed by atoms with Crippen molar-refractivity contribution in [2.24, 2.45) is 29.6 Å². The maximum atomic E-state index is 13.1. The van der Waals surface area contributed by atoms with Crippen molar-refractivity contribution in [3.05, 3.63) is 23.5 Å². The first kappa shape index (κ1) is 33.4. The maximum Gasteiger partial charge on any atom is 0.337 e. The average Bonchev–Trinajstić information content (AvgIpc) is 3.25. The third-order valence-corrected chi connectivity index (χ3v) is 8.46. The van der Waals surface area contributed by atoms with Crippen LogP contribution < -0.4 is 0 Å². The van der Waals surface area contributed by atoms with Crippen molar-refractivity contribution in [3.63, 3.8) is 0 Å². The normalized spacial score (nSPS) is 38.5. The van der Waals surface area contributed by atoms with E-state index in [2.05, 4.69) is 0 Å². The van der Waals surface area contributed by atoms with Crippen molar-refractivity contribution in [2.45, 2.75) is 69.8 Å². The molecule has 11 unspecified atom stereocenters. The van der Waals surface area contributed by atoms with E-state index in [1.165, 1.54) is 0 Å². The zero-order valence-corrected chi connectivity index (χ0v) is 23.3. The van der Waals surface area contributed by atoms with E-state index in [0.29, 0.717) is 6.42 Å². The number of aliphatic hydroxyl groups is 7. The molecule has 1 saturated carbocycles. The predicted octanol–water partition coefficient (Wildman–Crippen LogP) is -2.05. The van der Waals surface area contributed by atoms with Gasteiger partial charge in [-0.05, 0) is 25.2 Å². The van der Waals surface area contributed by atoms with Crippen molar-refractivity contribution < 1.29 is 69.0 Å². The lowest BCUT2D eigenvalue weighted by Crippen LogP contribution is -2.60. The predicted molar refractivity (Wildman–Crippen MR) is 137 cm³/mol. The fourth-order valence-electron chi connectivity index (χ4n) is 5.83. The SMILES string of the molecule is C/C=C1/C(OC2OC(CO)C(O)C(O)C2O)OC=C(C(=O)OC)C1CC(=O)OCC1C(C)C(O)CC1C(CO)CO. The number of carbonyl (C=O) groups excluding carboxylic acids is 2. The maximum absolute atomic E-state index is 13.1. The Morgan fingerprint density at radius 1 is 1.10 bits per heavy atom. The van der Waals surface area contributed by atoms with Gasteiger partial charge >= 0.3 is 11.9 Å². The van der Waals surface area contributed by atoms with Gasteiger partial charge in [-0.15, -0.1) is 0 Å². The first-order valence-electron chi connectivity index (χ1n) is 13.6. The molecule has 2 heterocycles. The van der Waals surface area contributed by atoms with Gasteiger partial charge in [-0.25, -0.2) is 4.79 Å². The molecule has 0 spiro atoms. The summed E-state index contributed by atoms with van der Waals surface area (Å²) in [5.41, 5.74) is 0.277. The van der Waals surface area contributed by atoms with Gasteiger partial charge in [-0.1, -0.05) is 13.0 Å². The van der Waals surface area contributed by atoms with E-state index in [-0.39, 0.29) is 55.1 Å². The standard InChI is InChI=1S/C27H42O14/c1-4-14-16(6-21(32)38-10-17-12(2)19(31)5-15(17)13(7-28)8-29)18(25(36)37-3)11-39-26(14)41-27-24(35)23(34)22(33)20(9-30)40-27/h4,11-13,15-17,19-20,22-24,26-31,33-35H,5-10H2,1-3H3/b14-4+. The molecular formula is C27H42O14. The van der Waals surface area contributed by atoms with Gasteiger partial charge in [0.1, 0.15) is 24.4 Å². The molecule has 14 heteroatoms. The van der Waals surface area contributed by atoms with Crippen LogP contribution in [-0.4, -0.2) is 124 Å². The van der Waals surface area contributed by atoms with Gasteiger partial charge in [0, 0.05) is 36.5 Å². The molecule has 0 amide bonds. The summed E-state index contributed by atoms with van der Waals surface area (Å²) in [6.07, 6.45) is -7.10. The molecule has 0 aromatic rings. The van der Waals surface area contributed by atoms with Crippen LogP contribution in [0.2, 0.25) is 0 Å². The van der Waals surface area contributed by atoms with Crippen LogP contribution in [-0.2, 0) is 33.3 Å². The Hall–Kier alpha value is -2.14. The van der Waals surface area contributed by atoms with Crippen molar-refractivity contribution in [2.75, 3.05) is 33.5 Å². The van der Waals surface area contributed by atoms with Crippen LogP contribution in [0.25, 0.3) is 0 Å². The Labute approximate surface area is 237 Å². The van der Waals surface area contributed by atoms with Crippen molar-refractivity contribution in [1.82, 2.24) is 0 Å². The average molecular weight is 591 g/mol. The zero-order valence-electron chi connectivity index (χ0n) is 23.3. The molecule has 3 rings (SSSR count). The third-order valence-electron chi connectivity index (χ3n) is 8.46. The quantitative estimate of drug-likeness (QED) is 0.102. The van der Waals surface area contributed by atoms with Gasteiger partial charge < -0.3 is 59.4 Å². The Bertz CT molecular complexity index is 946. The van der Waals surface area contributed by atoms with E-state index >= 15 is 0 Å². The molecule has 0 aromatic carbocycles. The van der Waals surface area contributed by atoms with Crippen LogP contribution in [0.3, 0.4) is 0 Å². The van der Waals surface area contributed by atoms with Crippen LogP contribution in [0.4, 0.5) is 0 Å². The summed E-state index contributed by atoms with van der Waals surface area (Å²) in [4.78, 5) is 25.6. The van der Waals surface area contributed by atoms with Crippen LogP contribution >= 0.6 is 0 Å². The topological polar surface area (TPSA) is 222 Å². The monoisotopic (exact) mass is 590 g/mol. The first-order valence-corrected chi connectivity index (χ1v) is 13.6. The number of ether oxygens (including phenoxy) is 5. The molecule has 3 aliphatic rings. The molecule has 234 valence electrons. The second-order valence-electron chi connectivity index (χ2n) is 10.7. The number of aliphatic hydroxyl groups excluding tert-OH is 7. The number of esters is 2. The molecule has 14 nitrogen and oxygen atoms in total. The van der Waals surface area contributed by atoms with Gasteiger partial charge in [0.25, 0.3) is 0 Å². The Balaban J connectivity index is 1.75. The molecule has 41 heavy (non-hydrogen) atoms. The van der Waals surface area contributed by atoms with Crippen molar-refractivity contribution in [3.8, 4) is 0 Å². The molecule has 1 aliphatic carbocycles. The van der Waals surface area contributed by atoms with Gasteiger partial charge in [0.05, 0.1) is 44.7 Å². The largest absolute Gasteiger partial charge is 0.468 e. The van der Waals surface area contributed by atoms with E-state index in [1.807, 2.05) is 6.92 Å². The number of carbonyl (C=O) groups is 2. The zero-order chi connectivity index (χ0) is 30.4. The minimum Gasteiger partial charge on any atom is -0.468 e. The van der Waals surface area contributed by atoms with E-state index in [4.69, 9.17) is 23.7 Å². The van der Waals surface area contributed by atoms with Crippen molar-refractivity contribution in [1.29, 1.82) is 0 Å². The van der Waals surface area contributed by atoms with Gasteiger partial charge in [-0.3, -0.25) is 4.79 Å². The fourth-order valence-corrected chi connectivity index (χ4v) is 5.83. The lowest BCUT2D eigenvalue weighted by molar-refractivity contribution is -0.327. The highest BCUT2D eigenvalue weighted by atomic mass is 16.8. The first-order chi connectivity index (χ1) is 19.5. The van der Waals surface area contributed by atoms with E-state index in [1.54, 1.807) is 13.0 Å². The summed E-state index contributed by atoms with van der Waals surface area (Å²) in [6, 6.07) is 0. The molecule has 1 saturated heterocycles. The second kappa shape index (κ2) is 14.8. The Morgan fingerprint density at radius 2 is 1.78 bits per heavy atom. The van der Waals surface area contributed by atoms with Gasteiger partial charge in [0.2, 0.25) is 6.29 Å². The van der Waals surface area contributed by atoms with Crippen LogP contribution in [0.15, 0.2) is 23.5 Å². The van der Waals surface area contributed by atoms with E-state index in [0.717, 1.165) is 13.4 Å². The molecular weight excluding hydrogens is 548 g/mol. The smallest absolute Gasteiger partial charge is 0.337 e. The molecule has 7 N–H and O–H groups in total. The van der Waals surface area contributed by atoms with Crippen LogP contribution in [0.1, 0.15) is 26.7 Å². The molecule has 0 radical (unpaired) electrons. The summed E-state index contributed by atoms with van der Waals surface area (Å²) < 4.78 is 27.1. The summed E-state index contributed by atoms with van der Waals surface area (Å²) in [5, 5.41) is 69.7. The summed E-state index contributed by atoms with van der Waals surface area (Å²) in [6.45, 7) is 2.13. The number of hydrogen-bond acceptors (Lipinski definition) is 14. The lowest BCUT2D eigenvalue weighted by Gasteiger charge is -2.41. The van der Waals surface area contributed by atoms with E-state index in [9.17, 15) is 45.3 Å². The highest BCUT2D eigenvalue weighted by Gasteiger charge is 2.47. The van der Waals surface area contributed by atoms with Gasteiger partial charge in [0.15, 0.2) is 6.29 Å². The van der Waals surface area contributed by atoms with Gasteiger partial charge in [-0.2, -0.15) is 0 Å². The van der Waals surface area contributed by atoms with Crippen molar-refractivity contribution >= 4 is 11.9 Å². The number of hydrogen-bond donors (Lipinski definition) is 7. The molecule has 0 aromatic heterocycles. The highest BCUT2D eigenvalue weighted by molar-refractivity contribution is 5.90. The highest BCUT2D eigenvalue weighted by Crippen LogP contribution is 2.42. The molecule has 0 bridgehead atoms. The molecule has 2 fully saturated rings. The second-order valence-corrected chi connectivity index (χ2v) is 10.7. The van der Waals surface area contributed by atoms with Crippen LogP contribution in [0, 0.1) is 29.6 Å².